The van der Waals surface area contributed by atoms with Crippen LogP contribution in [0.15, 0.2) is 10.5 Å². The first-order chi connectivity index (χ1) is 6.09. The van der Waals surface area contributed by atoms with Crippen molar-refractivity contribution in [3.8, 4) is 0 Å². The number of halogens is 2. The van der Waals surface area contributed by atoms with E-state index < -0.39 is 0 Å². The first-order valence-electron chi connectivity index (χ1n) is 3.77. The van der Waals surface area contributed by atoms with Crippen molar-refractivity contribution in [3.05, 3.63) is 25.6 Å². The number of hydrogen-bond acceptors (Lipinski definition) is 2. The fraction of sp³-hybridized carbons (Fsp3) is 0.250. The first-order valence-corrected chi connectivity index (χ1v) is 5.65. The molecular weight excluding hydrogens is 345 g/mol. The third-order valence-corrected chi connectivity index (χ3v) is 4.22. The molecule has 68 valence electrons. The lowest BCUT2D eigenvalue weighted by Crippen LogP contribution is -1.96. The van der Waals surface area contributed by atoms with E-state index in [9.17, 15) is 0 Å². The Kier molecular flexibility index (Phi) is 2.31. The summed E-state index contributed by atoms with van der Waals surface area (Å²) in [5.41, 5.74) is 2.01. The molecule has 2 heterocycles. The summed E-state index contributed by atoms with van der Waals surface area (Å²) in [7, 11) is 0. The van der Waals surface area contributed by atoms with Crippen molar-refractivity contribution in [3.63, 3.8) is 0 Å². The summed E-state index contributed by atoms with van der Waals surface area (Å²) in [6.45, 7) is 3.92. The fourth-order valence-corrected chi connectivity index (χ4v) is 2.23. The summed E-state index contributed by atoms with van der Waals surface area (Å²) in [6.07, 6.45) is 0. The third kappa shape index (κ3) is 1.48. The van der Waals surface area contributed by atoms with Gasteiger partial charge in [-0.15, -0.1) is 0 Å². The zero-order valence-electron chi connectivity index (χ0n) is 7.17. The van der Waals surface area contributed by atoms with E-state index in [0.717, 1.165) is 25.2 Å². The molecule has 0 bridgehead atoms. The van der Waals surface area contributed by atoms with E-state index in [1.807, 2.05) is 24.4 Å². The maximum atomic E-state index is 4.35. The molecule has 0 aliphatic heterocycles. The molecule has 0 spiro atoms. The predicted molar refractivity (Wildman–Crippen MR) is 62.9 cm³/mol. The van der Waals surface area contributed by atoms with Gasteiger partial charge in [0, 0.05) is 10.2 Å². The summed E-state index contributed by atoms with van der Waals surface area (Å²) in [4.78, 5) is 4.35. The largest absolute Gasteiger partial charge is 0.217 e. The molecule has 0 aromatic carbocycles. The zero-order valence-corrected chi connectivity index (χ0v) is 10.9. The molecule has 0 amide bonds. The second-order valence-electron chi connectivity index (χ2n) is 2.84. The Labute approximate surface area is 97.8 Å². The van der Waals surface area contributed by atoms with Gasteiger partial charge in [-0.25, -0.2) is 9.50 Å². The van der Waals surface area contributed by atoms with Crippen LogP contribution in [0.25, 0.3) is 5.65 Å². The lowest BCUT2D eigenvalue weighted by atomic mass is 10.4. The minimum atomic E-state index is 0.805. The van der Waals surface area contributed by atoms with Crippen molar-refractivity contribution in [2.24, 2.45) is 0 Å². The third-order valence-electron chi connectivity index (χ3n) is 1.79. The molecular formula is C8H7BrIN3. The average molecular weight is 352 g/mol. The number of aryl methyl sites for hydroxylation is 2. The van der Waals surface area contributed by atoms with Crippen LogP contribution in [0.3, 0.4) is 0 Å². The Bertz CT molecular complexity index is 478. The Morgan fingerprint density at radius 2 is 2.15 bits per heavy atom. The minimum absolute atomic E-state index is 0.805. The number of fused-ring (bicyclic) bond motifs is 1. The number of pyridine rings is 1. The van der Waals surface area contributed by atoms with Crippen LogP contribution in [0.1, 0.15) is 11.5 Å². The van der Waals surface area contributed by atoms with Crippen molar-refractivity contribution in [2.45, 2.75) is 13.8 Å². The molecule has 0 aliphatic rings. The van der Waals surface area contributed by atoms with Crippen molar-refractivity contribution < 1.29 is 0 Å². The Morgan fingerprint density at radius 1 is 1.46 bits per heavy atom. The van der Waals surface area contributed by atoms with Gasteiger partial charge in [-0.2, -0.15) is 5.10 Å². The van der Waals surface area contributed by atoms with Crippen LogP contribution >= 0.6 is 38.5 Å². The summed E-state index contributed by atoms with van der Waals surface area (Å²) in [5.74, 6) is 0.805. The SMILES string of the molecule is Cc1nc2c(I)c(Br)cc(C)n2n1. The lowest BCUT2D eigenvalue weighted by molar-refractivity contribution is 0.888. The molecule has 2 aromatic heterocycles. The van der Waals surface area contributed by atoms with Crippen molar-refractivity contribution in [1.82, 2.24) is 14.6 Å². The highest BCUT2D eigenvalue weighted by Crippen LogP contribution is 2.23. The summed E-state index contributed by atoms with van der Waals surface area (Å²) in [5, 5.41) is 4.29. The number of nitrogens with zero attached hydrogens (tertiary/aromatic N) is 3. The van der Waals surface area contributed by atoms with Gasteiger partial charge in [-0.05, 0) is 58.4 Å². The first kappa shape index (κ1) is 9.39. The van der Waals surface area contributed by atoms with E-state index >= 15 is 0 Å². The number of aromatic nitrogens is 3. The molecule has 0 unspecified atom stereocenters. The molecule has 0 atom stereocenters. The molecule has 3 nitrogen and oxygen atoms in total. The molecule has 0 saturated carbocycles. The zero-order chi connectivity index (χ0) is 9.59. The molecule has 2 aromatic rings. The minimum Gasteiger partial charge on any atom is -0.217 e. The maximum Gasteiger partial charge on any atom is 0.170 e. The van der Waals surface area contributed by atoms with Gasteiger partial charge in [0.15, 0.2) is 5.65 Å². The van der Waals surface area contributed by atoms with Gasteiger partial charge in [-0.1, -0.05) is 0 Å². The molecule has 5 heteroatoms. The van der Waals surface area contributed by atoms with Crippen LogP contribution < -0.4 is 0 Å². The molecule has 0 radical (unpaired) electrons. The monoisotopic (exact) mass is 351 g/mol. The van der Waals surface area contributed by atoms with Gasteiger partial charge >= 0.3 is 0 Å². The van der Waals surface area contributed by atoms with Gasteiger partial charge in [0.1, 0.15) is 5.82 Å². The topological polar surface area (TPSA) is 30.2 Å². The Balaban J connectivity index is 2.95. The Morgan fingerprint density at radius 3 is 2.85 bits per heavy atom. The van der Waals surface area contributed by atoms with E-state index in [4.69, 9.17) is 0 Å². The van der Waals surface area contributed by atoms with Crippen LogP contribution in [-0.2, 0) is 0 Å². The van der Waals surface area contributed by atoms with E-state index in [1.165, 1.54) is 0 Å². The molecule has 0 saturated heterocycles. The predicted octanol–water partition coefficient (Wildman–Crippen LogP) is 2.71. The fourth-order valence-electron chi connectivity index (χ4n) is 1.22. The smallest absolute Gasteiger partial charge is 0.170 e. The summed E-state index contributed by atoms with van der Waals surface area (Å²) >= 11 is 5.75. The molecule has 0 N–H and O–H groups in total. The molecule has 0 fully saturated rings. The molecule has 0 aliphatic carbocycles. The van der Waals surface area contributed by atoms with E-state index in [-0.39, 0.29) is 0 Å². The standard InChI is InChI=1S/C8H7BrIN3/c1-4-3-6(9)7(10)8-11-5(2)12-13(4)8/h3H,1-2H3. The second-order valence-corrected chi connectivity index (χ2v) is 4.78. The van der Waals surface area contributed by atoms with E-state index in [2.05, 4.69) is 48.6 Å². The van der Waals surface area contributed by atoms with Crippen LogP contribution in [0, 0.1) is 17.4 Å². The normalized spacial score (nSPS) is 11.1. The van der Waals surface area contributed by atoms with Crippen molar-refractivity contribution in [1.29, 1.82) is 0 Å². The average Bonchev–Trinajstić information content (AvgIpc) is 2.44. The van der Waals surface area contributed by atoms with Gasteiger partial charge in [-0.3, -0.25) is 0 Å². The quantitative estimate of drug-likeness (QED) is 0.683. The maximum absolute atomic E-state index is 4.35. The van der Waals surface area contributed by atoms with E-state index in [1.54, 1.807) is 0 Å². The molecule has 2 rings (SSSR count). The molecule has 13 heavy (non-hydrogen) atoms. The van der Waals surface area contributed by atoms with Crippen LogP contribution in [-0.4, -0.2) is 14.6 Å². The Hall–Kier alpha value is -0.170. The van der Waals surface area contributed by atoms with Crippen LogP contribution in [0.4, 0.5) is 0 Å². The highest BCUT2D eigenvalue weighted by Gasteiger charge is 2.09. The van der Waals surface area contributed by atoms with E-state index in [0.29, 0.717) is 0 Å². The number of rotatable bonds is 0. The van der Waals surface area contributed by atoms with Crippen molar-refractivity contribution >= 4 is 44.2 Å². The van der Waals surface area contributed by atoms with Gasteiger partial charge in [0.05, 0.1) is 3.57 Å². The summed E-state index contributed by atoms with van der Waals surface area (Å²) in [6, 6.07) is 2.04. The van der Waals surface area contributed by atoms with Gasteiger partial charge in [0.2, 0.25) is 0 Å². The van der Waals surface area contributed by atoms with Crippen LogP contribution in [0.5, 0.6) is 0 Å². The lowest BCUT2D eigenvalue weighted by Gasteiger charge is -2.01. The highest BCUT2D eigenvalue weighted by atomic mass is 127. The van der Waals surface area contributed by atoms with Gasteiger partial charge < -0.3 is 0 Å². The van der Waals surface area contributed by atoms with Crippen molar-refractivity contribution in [2.75, 3.05) is 0 Å². The summed E-state index contributed by atoms with van der Waals surface area (Å²) < 4.78 is 4.04. The number of hydrogen-bond donors (Lipinski definition) is 0. The van der Waals surface area contributed by atoms with Crippen LogP contribution in [0.2, 0.25) is 0 Å². The highest BCUT2D eigenvalue weighted by molar-refractivity contribution is 14.1. The van der Waals surface area contributed by atoms with Gasteiger partial charge in [0.25, 0.3) is 0 Å². The second kappa shape index (κ2) is 3.20.